The number of unbranched alkanes of at least 4 members (excludes halogenated alkanes) is 9. The Kier molecular flexibility index (Phi) is 12.2. The molecule has 0 aromatic heterocycles. The highest BCUT2D eigenvalue weighted by Gasteiger charge is 2.41. The summed E-state index contributed by atoms with van der Waals surface area (Å²) >= 11 is 0. The molecule has 146 valence electrons. The number of hydrogen-bond donors (Lipinski definition) is 0. The number of quaternary nitrogens is 2. The number of rotatable bonds is 15. The van der Waals surface area contributed by atoms with E-state index in [9.17, 15) is 0 Å². The smallest absolute Gasteiger partial charge is 0.241 e. The molecular weight excluding hydrogens is 296 g/mol. The molecular formula is C21H48N2O+2. The average molecular weight is 345 g/mol. The van der Waals surface area contributed by atoms with Crippen LogP contribution in [0.25, 0.3) is 0 Å². The lowest BCUT2D eigenvalue weighted by atomic mass is 10.1. The lowest BCUT2D eigenvalue weighted by Gasteiger charge is -2.45. The molecule has 0 saturated carbocycles. The molecule has 0 fully saturated rings. The standard InChI is InChI=1S/C21H48N2O/c1-9-10-11-12-13-14-15-16-17-18-19-24-20(2)21(22(3,4)5)23(6,7)8/h20-21H,9-19H2,1-8H3/q+2. The van der Waals surface area contributed by atoms with E-state index in [4.69, 9.17) is 4.74 Å². The van der Waals surface area contributed by atoms with Crippen molar-refractivity contribution in [2.24, 2.45) is 0 Å². The second kappa shape index (κ2) is 12.3. The summed E-state index contributed by atoms with van der Waals surface area (Å²) in [5, 5.41) is 0. The molecule has 0 aliphatic carbocycles. The van der Waals surface area contributed by atoms with Gasteiger partial charge >= 0.3 is 0 Å². The highest BCUT2D eigenvalue weighted by atomic mass is 16.5. The van der Waals surface area contributed by atoms with Crippen molar-refractivity contribution in [1.82, 2.24) is 0 Å². The second-order valence-corrected chi connectivity index (χ2v) is 9.40. The van der Waals surface area contributed by atoms with Gasteiger partial charge in [-0.15, -0.1) is 0 Å². The van der Waals surface area contributed by atoms with Gasteiger partial charge in [0, 0.05) is 6.61 Å². The summed E-state index contributed by atoms with van der Waals surface area (Å²) in [5.41, 5.74) is 0. The van der Waals surface area contributed by atoms with Crippen molar-refractivity contribution in [2.75, 3.05) is 48.9 Å². The van der Waals surface area contributed by atoms with Crippen LogP contribution in [0.5, 0.6) is 0 Å². The van der Waals surface area contributed by atoms with Crippen LogP contribution in [-0.2, 0) is 4.74 Å². The third kappa shape index (κ3) is 11.4. The van der Waals surface area contributed by atoms with Crippen LogP contribution in [0.3, 0.4) is 0 Å². The molecule has 1 unspecified atom stereocenters. The first-order chi connectivity index (χ1) is 11.1. The van der Waals surface area contributed by atoms with Gasteiger partial charge in [-0.3, -0.25) is 8.97 Å². The number of nitrogens with zero attached hydrogens (tertiary/aromatic N) is 2. The Morgan fingerprint density at radius 2 is 1.00 bits per heavy atom. The van der Waals surface area contributed by atoms with Crippen LogP contribution in [0.1, 0.15) is 78.1 Å². The number of likely N-dealkylation sites (N-methyl/N-ethyl adjacent to an activating group) is 2. The van der Waals surface area contributed by atoms with E-state index in [2.05, 4.69) is 56.1 Å². The van der Waals surface area contributed by atoms with E-state index < -0.39 is 0 Å². The van der Waals surface area contributed by atoms with Gasteiger partial charge in [-0.2, -0.15) is 0 Å². The molecule has 1 atom stereocenters. The Morgan fingerprint density at radius 3 is 1.38 bits per heavy atom. The van der Waals surface area contributed by atoms with Crippen molar-refractivity contribution in [1.29, 1.82) is 0 Å². The van der Waals surface area contributed by atoms with Crippen molar-refractivity contribution >= 4 is 0 Å². The molecule has 0 rings (SSSR count). The van der Waals surface area contributed by atoms with Gasteiger partial charge in [-0.1, -0.05) is 64.7 Å². The molecule has 3 nitrogen and oxygen atoms in total. The van der Waals surface area contributed by atoms with E-state index in [-0.39, 0.29) is 6.10 Å². The maximum atomic E-state index is 6.20. The second-order valence-electron chi connectivity index (χ2n) is 9.40. The Labute approximate surface area is 153 Å². The van der Waals surface area contributed by atoms with E-state index in [1.807, 2.05) is 0 Å². The van der Waals surface area contributed by atoms with Gasteiger partial charge in [0.1, 0.15) is 0 Å². The van der Waals surface area contributed by atoms with Crippen molar-refractivity contribution in [3.05, 3.63) is 0 Å². The molecule has 0 aromatic rings. The highest BCUT2D eigenvalue weighted by Crippen LogP contribution is 2.19. The Balaban J connectivity index is 3.76. The van der Waals surface area contributed by atoms with Gasteiger partial charge in [0.05, 0.1) is 42.3 Å². The number of ether oxygens (including phenoxy) is 1. The third-order valence-corrected chi connectivity index (χ3v) is 4.89. The molecule has 0 bridgehead atoms. The first-order valence-corrected chi connectivity index (χ1v) is 10.3. The Morgan fingerprint density at radius 1 is 0.625 bits per heavy atom. The van der Waals surface area contributed by atoms with Crippen LogP contribution >= 0.6 is 0 Å². The first kappa shape index (κ1) is 23.9. The zero-order chi connectivity index (χ0) is 18.6. The zero-order valence-electron chi connectivity index (χ0n) is 18.2. The normalized spacial score (nSPS) is 14.4. The average Bonchev–Trinajstić information content (AvgIpc) is 2.41. The highest BCUT2D eigenvalue weighted by molar-refractivity contribution is 4.57. The zero-order valence-corrected chi connectivity index (χ0v) is 18.2. The van der Waals surface area contributed by atoms with Gasteiger partial charge in [-0.25, -0.2) is 0 Å². The summed E-state index contributed by atoms with van der Waals surface area (Å²) in [5.74, 6) is 0. The van der Waals surface area contributed by atoms with Crippen LogP contribution in [0.4, 0.5) is 0 Å². The van der Waals surface area contributed by atoms with Gasteiger partial charge in [0.2, 0.25) is 6.17 Å². The SMILES string of the molecule is CCCCCCCCCCCCOC(C)C([N+](C)(C)C)[N+](C)(C)C. The summed E-state index contributed by atoms with van der Waals surface area (Å²) in [4.78, 5) is 0. The molecule has 0 N–H and O–H groups in total. The molecule has 3 heteroatoms. The van der Waals surface area contributed by atoms with Crippen molar-refractivity contribution < 1.29 is 13.7 Å². The van der Waals surface area contributed by atoms with E-state index in [0.717, 1.165) is 15.6 Å². The molecule has 0 aliphatic heterocycles. The van der Waals surface area contributed by atoms with E-state index in [1.54, 1.807) is 0 Å². The van der Waals surface area contributed by atoms with Gasteiger partial charge in [0.25, 0.3) is 0 Å². The molecule has 0 aliphatic rings. The summed E-state index contributed by atoms with van der Waals surface area (Å²) in [6.45, 7) is 5.44. The van der Waals surface area contributed by atoms with Crippen molar-refractivity contribution in [3.63, 3.8) is 0 Å². The lowest BCUT2D eigenvalue weighted by Crippen LogP contribution is -2.65. The molecule has 0 radical (unpaired) electrons. The monoisotopic (exact) mass is 344 g/mol. The lowest BCUT2D eigenvalue weighted by molar-refractivity contribution is -1.09. The Bertz CT molecular complexity index is 277. The van der Waals surface area contributed by atoms with Crippen LogP contribution in [0.15, 0.2) is 0 Å². The quantitative estimate of drug-likeness (QED) is 0.229. The Hall–Kier alpha value is -0.120. The molecule has 0 aromatic carbocycles. The number of hydrogen-bond acceptors (Lipinski definition) is 1. The van der Waals surface area contributed by atoms with E-state index >= 15 is 0 Å². The summed E-state index contributed by atoms with van der Waals surface area (Å²) in [6.07, 6.45) is 14.5. The minimum absolute atomic E-state index is 0.281. The predicted molar refractivity (Wildman–Crippen MR) is 107 cm³/mol. The first-order valence-electron chi connectivity index (χ1n) is 10.3. The third-order valence-electron chi connectivity index (χ3n) is 4.89. The molecule has 0 amide bonds. The largest absolute Gasteiger partial charge is 0.366 e. The maximum Gasteiger partial charge on any atom is 0.241 e. The van der Waals surface area contributed by atoms with Gasteiger partial charge in [-0.05, 0) is 13.3 Å². The maximum absolute atomic E-state index is 6.20. The van der Waals surface area contributed by atoms with Crippen LogP contribution in [-0.4, -0.2) is 70.1 Å². The predicted octanol–water partition coefficient (Wildman–Crippen LogP) is 5.05. The van der Waals surface area contributed by atoms with Crippen LogP contribution in [0, 0.1) is 0 Å². The van der Waals surface area contributed by atoms with Crippen LogP contribution < -0.4 is 0 Å². The molecule has 0 heterocycles. The van der Waals surface area contributed by atoms with Crippen molar-refractivity contribution in [3.8, 4) is 0 Å². The minimum atomic E-state index is 0.281. The van der Waals surface area contributed by atoms with Gasteiger partial charge < -0.3 is 4.74 Å². The van der Waals surface area contributed by atoms with Gasteiger partial charge in [0.15, 0.2) is 6.10 Å². The fourth-order valence-corrected chi connectivity index (χ4v) is 4.24. The fourth-order valence-electron chi connectivity index (χ4n) is 4.24. The molecule has 0 saturated heterocycles. The minimum Gasteiger partial charge on any atom is -0.366 e. The topological polar surface area (TPSA) is 9.23 Å². The summed E-state index contributed by atoms with van der Waals surface area (Å²) < 4.78 is 8.06. The molecule has 24 heavy (non-hydrogen) atoms. The fraction of sp³-hybridized carbons (Fsp3) is 1.00. The summed E-state index contributed by atoms with van der Waals surface area (Å²) in [6, 6.07) is 0. The van der Waals surface area contributed by atoms with Crippen molar-refractivity contribution in [2.45, 2.75) is 90.3 Å². The van der Waals surface area contributed by atoms with E-state index in [0.29, 0.717) is 6.17 Å². The van der Waals surface area contributed by atoms with E-state index in [1.165, 1.54) is 64.2 Å². The van der Waals surface area contributed by atoms with Crippen LogP contribution in [0.2, 0.25) is 0 Å². The summed E-state index contributed by atoms with van der Waals surface area (Å²) in [7, 11) is 13.6. The molecule has 0 spiro atoms.